The molecule has 0 radical (unpaired) electrons. The third-order valence-electron chi connectivity index (χ3n) is 6.39. The van der Waals surface area contributed by atoms with E-state index in [0.29, 0.717) is 13.0 Å². The van der Waals surface area contributed by atoms with E-state index in [4.69, 9.17) is 0 Å². The van der Waals surface area contributed by atoms with E-state index in [1.54, 1.807) is 4.90 Å². The van der Waals surface area contributed by atoms with Gasteiger partial charge in [-0.1, -0.05) is 85.8 Å². The fourth-order valence-electron chi connectivity index (χ4n) is 3.96. The molecule has 0 saturated heterocycles. The fourth-order valence-corrected chi connectivity index (χ4v) is 3.96. The zero-order valence-electron chi connectivity index (χ0n) is 20.8. The minimum Gasteiger partial charge on any atom is -0.352 e. The number of amides is 2. The standard InChI is InChI=1S/C30H36N2O2/c1-5-24(4)31-30(34)28(19-25-12-8-6-9-13-25)32(21-26-14-10-7-11-15-26)29(33)20-27-17-16-22(2)23(3)18-27/h6-18,24,28H,5,19-21H2,1-4H3,(H,31,34)/t24-,28+/m0/s1. The Labute approximate surface area is 204 Å². The Hall–Kier alpha value is -3.40. The lowest BCUT2D eigenvalue weighted by Gasteiger charge is -2.32. The van der Waals surface area contributed by atoms with Crippen LogP contribution in [0.3, 0.4) is 0 Å². The quantitative estimate of drug-likeness (QED) is 0.444. The van der Waals surface area contributed by atoms with Gasteiger partial charge in [-0.2, -0.15) is 0 Å². The number of carbonyl (C=O) groups is 2. The van der Waals surface area contributed by atoms with Crippen LogP contribution in [-0.4, -0.2) is 28.8 Å². The number of aryl methyl sites for hydroxylation is 2. The molecule has 3 aromatic carbocycles. The zero-order valence-corrected chi connectivity index (χ0v) is 20.8. The van der Waals surface area contributed by atoms with Crippen LogP contribution in [0.4, 0.5) is 0 Å². The van der Waals surface area contributed by atoms with Crippen molar-refractivity contribution < 1.29 is 9.59 Å². The van der Waals surface area contributed by atoms with E-state index in [-0.39, 0.29) is 24.3 Å². The van der Waals surface area contributed by atoms with Crippen molar-refractivity contribution in [1.82, 2.24) is 10.2 Å². The number of nitrogens with one attached hydrogen (secondary N) is 1. The summed E-state index contributed by atoms with van der Waals surface area (Å²) >= 11 is 0. The average Bonchev–Trinajstić information content (AvgIpc) is 2.84. The first-order chi connectivity index (χ1) is 16.4. The van der Waals surface area contributed by atoms with Gasteiger partial charge < -0.3 is 10.2 Å². The first kappa shape index (κ1) is 25.2. The summed E-state index contributed by atoms with van der Waals surface area (Å²) in [6.07, 6.45) is 1.56. The third-order valence-corrected chi connectivity index (χ3v) is 6.39. The molecule has 0 spiro atoms. The average molecular weight is 457 g/mol. The van der Waals surface area contributed by atoms with Crippen LogP contribution in [0.25, 0.3) is 0 Å². The van der Waals surface area contributed by atoms with E-state index in [1.807, 2.05) is 80.6 Å². The topological polar surface area (TPSA) is 49.4 Å². The maximum absolute atomic E-state index is 13.8. The largest absolute Gasteiger partial charge is 0.352 e. The van der Waals surface area contributed by atoms with Gasteiger partial charge in [-0.3, -0.25) is 9.59 Å². The van der Waals surface area contributed by atoms with E-state index in [9.17, 15) is 9.59 Å². The molecule has 0 fully saturated rings. The normalized spacial score (nSPS) is 12.6. The van der Waals surface area contributed by atoms with Crippen LogP contribution in [0.2, 0.25) is 0 Å². The second kappa shape index (κ2) is 12.2. The number of rotatable bonds is 10. The molecule has 0 aromatic heterocycles. The fraction of sp³-hybridized carbons (Fsp3) is 0.333. The molecule has 0 aliphatic rings. The lowest BCUT2D eigenvalue weighted by atomic mass is 10.00. The molecule has 0 aliphatic carbocycles. The summed E-state index contributed by atoms with van der Waals surface area (Å²) in [5.41, 5.74) is 5.36. The highest BCUT2D eigenvalue weighted by atomic mass is 16.2. The van der Waals surface area contributed by atoms with Gasteiger partial charge in [0.05, 0.1) is 6.42 Å². The highest BCUT2D eigenvalue weighted by Gasteiger charge is 2.31. The number of hydrogen-bond donors (Lipinski definition) is 1. The molecule has 2 atom stereocenters. The van der Waals surface area contributed by atoms with E-state index in [0.717, 1.165) is 28.7 Å². The molecule has 2 amide bonds. The van der Waals surface area contributed by atoms with E-state index >= 15 is 0 Å². The molecule has 0 unspecified atom stereocenters. The Balaban J connectivity index is 1.96. The van der Waals surface area contributed by atoms with Crippen LogP contribution in [0, 0.1) is 13.8 Å². The van der Waals surface area contributed by atoms with Crippen LogP contribution >= 0.6 is 0 Å². The van der Waals surface area contributed by atoms with Crippen molar-refractivity contribution in [3.05, 3.63) is 107 Å². The SMILES string of the molecule is CC[C@H](C)NC(=O)[C@@H](Cc1ccccc1)N(Cc1ccccc1)C(=O)Cc1ccc(C)c(C)c1. The van der Waals surface area contributed by atoms with E-state index < -0.39 is 6.04 Å². The minimum atomic E-state index is -0.601. The van der Waals surface area contributed by atoms with Crippen molar-refractivity contribution in [3.8, 4) is 0 Å². The molecule has 0 aliphatic heterocycles. The van der Waals surface area contributed by atoms with Crippen LogP contribution in [-0.2, 0) is 29.0 Å². The number of nitrogens with zero attached hydrogens (tertiary/aromatic N) is 1. The van der Waals surface area contributed by atoms with E-state index in [2.05, 4.69) is 31.3 Å². The van der Waals surface area contributed by atoms with Gasteiger partial charge in [0.25, 0.3) is 0 Å². The van der Waals surface area contributed by atoms with Crippen molar-refractivity contribution in [3.63, 3.8) is 0 Å². The molecule has 3 aromatic rings. The first-order valence-corrected chi connectivity index (χ1v) is 12.1. The van der Waals surface area contributed by atoms with Gasteiger partial charge in [-0.05, 0) is 55.0 Å². The lowest BCUT2D eigenvalue weighted by molar-refractivity contribution is -0.141. The minimum absolute atomic E-state index is 0.0409. The number of carbonyl (C=O) groups excluding carboxylic acids is 2. The maximum atomic E-state index is 13.8. The van der Waals surface area contributed by atoms with Crippen molar-refractivity contribution in [2.24, 2.45) is 0 Å². The highest BCUT2D eigenvalue weighted by molar-refractivity contribution is 5.89. The molecule has 0 bridgehead atoms. The second-order valence-corrected chi connectivity index (χ2v) is 9.13. The molecule has 0 saturated carbocycles. The monoisotopic (exact) mass is 456 g/mol. The summed E-state index contributed by atoms with van der Waals surface area (Å²) in [5.74, 6) is -0.157. The van der Waals surface area contributed by atoms with Crippen molar-refractivity contribution in [2.45, 2.75) is 65.6 Å². The zero-order chi connectivity index (χ0) is 24.5. The van der Waals surface area contributed by atoms with Gasteiger partial charge in [-0.15, -0.1) is 0 Å². The van der Waals surface area contributed by atoms with Gasteiger partial charge >= 0.3 is 0 Å². The van der Waals surface area contributed by atoms with Crippen LogP contribution in [0.5, 0.6) is 0 Å². The Kier molecular flexibility index (Phi) is 9.03. The van der Waals surface area contributed by atoms with Crippen LogP contribution in [0.1, 0.15) is 48.1 Å². The van der Waals surface area contributed by atoms with Crippen molar-refractivity contribution in [2.75, 3.05) is 0 Å². The summed E-state index contributed by atoms with van der Waals surface area (Å²) in [6, 6.07) is 25.4. The summed E-state index contributed by atoms with van der Waals surface area (Å²) in [6.45, 7) is 8.55. The summed E-state index contributed by atoms with van der Waals surface area (Å²) in [7, 11) is 0. The third kappa shape index (κ3) is 7.05. The van der Waals surface area contributed by atoms with Crippen LogP contribution < -0.4 is 5.32 Å². The second-order valence-electron chi connectivity index (χ2n) is 9.13. The molecule has 4 heteroatoms. The van der Waals surface area contributed by atoms with Crippen molar-refractivity contribution >= 4 is 11.8 Å². The molecule has 0 heterocycles. The van der Waals surface area contributed by atoms with Crippen LogP contribution in [0.15, 0.2) is 78.9 Å². The maximum Gasteiger partial charge on any atom is 0.243 e. The lowest BCUT2D eigenvalue weighted by Crippen LogP contribution is -2.52. The van der Waals surface area contributed by atoms with Gasteiger partial charge in [-0.25, -0.2) is 0 Å². The molecule has 3 rings (SSSR count). The Bertz CT molecular complexity index is 1080. The molecule has 4 nitrogen and oxygen atoms in total. The smallest absolute Gasteiger partial charge is 0.243 e. The van der Waals surface area contributed by atoms with Gasteiger partial charge in [0, 0.05) is 19.0 Å². The summed E-state index contributed by atoms with van der Waals surface area (Å²) < 4.78 is 0. The first-order valence-electron chi connectivity index (χ1n) is 12.1. The predicted octanol–water partition coefficient (Wildman–Crippen LogP) is 5.40. The molecule has 34 heavy (non-hydrogen) atoms. The van der Waals surface area contributed by atoms with Crippen molar-refractivity contribution in [1.29, 1.82) is 0 Å². The molecular formula is C30H36N2O2. The van der Waals surface area contributed by atoms with E-state index in [1.165, 1.54) is 5.56 Å². The predicted molar refractivity (Wildman–Crippen MR) is 138 cm³/mol. The summed E-state index contributed by atoms with van der Waals surface area (Å²) in [5, 5.41) is 3.12. The Morgan fingerprint density at radius 2 is 1.44 bits per heavy atom. The Morgan fingerprint density at radius 3 is 2.03 bits per heavy atom. The molecular weight excluding hydrogens is 420 g/mol. The molecule has 178 valence electrons. The Morgan fingerprint density at radius 1 is 0.824 bits per heavy atom. The van der Waals surface area contributed by atoms with Gasteiger partial charge in [0.15, 0.2) is 0 Å². The highest BCUT2D eigenvalue weighted by Crippen LogP contribution is 2.18. The number of benzene rings is 3. The summed E-state index contributed by atoms with van der Waals surface area (Å²) in [4.78, 5) is 29.0. The number of hydrogen-bond acceptors (Lipinski definition) is 2. The van der Waals surface area contributed by atoms with Gasteiger partial charge in [0.1, 0.15) is 6.04 Å². The van der Waals surface area contributed by atoms with Gasteiger partial charge in [0.2, 0.25) is 11.8 Å². The molecule has 1 N–H and O–H groups in total.